The van der Waals surface area contributed by atoms with Crippen molar-refractivity contribution >= 4 is 33.0 Å². The molecule has 0 aliphatic rings. The van der Waals surface area contributed by atoms with Crippen molar-refractivity contribution in [3.05, 3.63) is 24.0 Å². The summed E-state index contributed by atoms with van der Waals surface area (Å²) in [5.74, 6) is -0.0684. The van der Waals surface area contributed by atoms with E-state index in [-0.39, 0.29) is 5.82 Å². The summed E-state index contributed by atoms with van der Waals surface area (Å²) in [6.45, 7) is 6.81. The Morgan fingerprint density at radius 2 is 1.50 bits per heavy atom. The standard InChI is InChI=1S/C8H6FN2.3C4H9.Sn/c1-11-8-4-2-3-7(9)6(8)5-10-11;3*1-3-4-2;/h2-4H,1H3;3*1,3-4H2,2H3;. The van der Waals surface area contributed by atoms with Gasteiger partial charge in [-0.15, -0.1) is 0 Å². The third kappa shape index (κ3) is 4.14. The zero-order valence-corrected chi connectivity index (χ0v) is 18.7. The molecule has 0 aliphatic heterocycles. The third-order valence-corrected chi connectivity index (χ3v) is 20.4. The van der Waals surface area contributed by atoms with E-state index in [1.54, 1.807) is 6.07 Å². The summed E-state index contributed by atoms with van der Waals surface area (Å²) in [4.78, 5) is 0. The number of aromatic nitrogens is 2. The van der Waals surface area contributed by atoms with E-state index in [9.17, 15) is 4.39 Å². The maximum atomic E-state index is 14.7. The molecular weight excluding hydrogens is 406 g/mol. The molecule has 0 unspecified atom stereocenters. The second kappa shape index (κ2) is 9.21. The Morgan fingerprint density at radius 3 is 2.00 bits per heavy atom. The minimum atomic E-state index is -2.70. The summed E-state index contributed by atoms with van der Waals surface area (Å²) < 4.78 is 21.8. The van der Waals surface area contributed by atoms with Gasteiger partial charge in [-0.1, -0.05) is 0 Å². The van der Waals surface area contributed by atoms with Crippen LogP contribution < -0.4 is 3.71 Å². The fourth-order valence-electron chi connectivity index (χ4n) is 3.92. The SMILES string of the molecule is CCC[CH2][Sn]([CH2]CCC)([CH2]CCC)[c]1nn(C)c2cccc(F)c12. The molecule has 0 amide bonds. The van der Waals surface area contributed by atoms with E-state index in [1.165, 1.54) is 55.5 Å². The minimum absolute atomic E-state index is 0.0684. The Labute approximate surface area is 150 Å². The number of nitrogens with zero attached hydrogens (tertiary/aromatic N) is 2. The molecular formula is C20H33FN2Sn. The van der Waals surface area contributed by atoms with Gasteiger partial charge in [-0.05, 0) is 0 Å². The molecule has 2 rings (SSSR count). The van der Waals surface area contributed by atoms with Crippen LogP contribution >= 0.6 is 0 Å². The van der Waals surface area contributed by atoms with Gasteiger partial charge < -0.3 is 0 Å². The van der Waals surface area contributed by atoms with Crippen LogP contribution in [0.1, 0.15) is 59.3 Å². The summed E-state index contributed by atoms with van der Waals surface area (Å²) in [5, 5.41) is 5.80. The molecule has 1 aromatic carbocycles. The van der Waals surface area contributed by atoms with Gasteiger partial charge in [-0.3, -0.25) is 0 Å². The molecule has 2 aromatic rings. The number of unbranched alkanes of at least 4 members (excludes halogenated alkanes) is 3. The Kier molecular flexibility index (Phi) is 7.57. The van der Waals surface area contributed by atoms with Gasteiger partial charge in [0.2, 0.25) is 0 Å². The van der Waals surface area contributed by atoms with Crippen molar-refractivity contribution in [2.45, 2.75) is 72.6 Å². The fraction of sp³-hybridized carbons (Fsp3) is 0.650. The molecule has 0 aliphatic carbocycles. The molecule has 0 atom stereocenters. The van der Waals surface area contributed by atoms with Crippen LogP contribution in [0.25, 0.3) is 10.9 Å². The average Bonchev–Trinajstić information content (AvgIpc) is 2.94. The number of halogens is 1. The molecule has 134 valence electrons. The summed E-state index contributed by atoms with van der Waals surface area (Å²) in [5.41, 5.74) is 0.968. The van der Waals surface area contributed by atoms with E-state index in [1.807, 2.05) is 23.9 Å². The second-order valence-electron chi connectivity index (χ2n) is 7.20. The Bertz CT molecular complexity index is 629. The molecule has 0 spiro atoms. The van der Waals surface area contributed by atoms with Crippen molar-refractivity contribution in [2.75, 3.05) is 0 Å². The molecule has 0 N–H and O–H groups in total. The number of hydrogen-bond acceptors (Lipinski definition) is 1. The van der Waals surface area contributed by atoms with Gasteiger partial charge in [0, 0.05) is 0 Å². The Balaban J connectivity index is 2.59. The van der Waals surface area contributed by atoms with Crippen LogP contribution in [0.4, 0.5) is 4.39 Å². The first-order chi connectivity index (χ1) is 11.6. The van der Waals surface area contributed by atoms with E-state index in [4.69, 9.17) is 5.10 Å². The number of aryl methyl sites for hydroxylation is 1. The molecule has 4 heteroatoms. The van der Waals surface area contributed by atoms with Crippen LogP contribution in [-0.4, -0.2) is 28.2 Å². The molecule has 0 fully saturated rings. The van der Waals surface area contributed by atoms with E-state index in [0.29, 0.717) is 0 Å². The van der Waals surface area contributed by atoms with E-state index < -0.39 is 18.4 Å². The summed E-state index contributed by atoms with van der Waals surface area (Å²) in [7, 11) is 1.97. The Morgan fingerprint density at radius 1 is 0.958 bits per heavy atom. The summed E-state index contributed by atoms with van der Waals surface area (Å²) in [6.07, 6.45) is 7.50. The van der Waals surface area contributed by atoms with E-state index in [0.717, 1.165) is 10.9 Å². The van der Waals surface area contributed by atoms with Gasteiger partial charge in [0.15, 0.2) is 0 Å². The monoisotopic (exact) mass is 440 g/mol. The molecule has 24 heavy (non-hydrogen) atoms. The fourth-order valence-corrected chi connectivity index (χ4v) is 20.2. The topological polar surface area (TPSA) is 17.8 Å². The predicted molar refractivity (Wildman–Crippen MR) is 105 cm³/mol. The molecule has 0 bridgehead atoms. The molecule has 1 aromatic heterocycles. The van der Waals surface area contributed by atoms with Gasteiger partial charge in [-0.25, -0.2) is 0 Å². The molecule has 2 nitrogen and oxygen atoms in total. The Hall–Kier alpha value is -0.581. The maximum absolute atomic E-state index is 14.7. The van der Waals surface area contributed by atoms with Crippen LogP contribution in [0.15, 0.2) is 18.2 Å². The van der Waals surface area contributed by atoms with E-state index in [2.05, 4.69) is 20.8 Å². The van der Waals surface area contributed by atoms with Gasteiger partial charge in [-0.2, -0.15) is 0 Å². The van der Waals surface area contributed by atoms with Crippen molar-refractivity contribution in [1.82, 2.24) is 9.78 Å². The van der Waals surface area contributed by atoms with Crippen molar-refractivity contribution in [3.8, 4) is 0 Å². The number of benzene rings is 1. The zero-order chi connectivity index (χ0) is 17.6. The first kappa shape index (κ1) is 19.7. The summed E-state index contributed by atoms with van der Waals surface area (Å²) in [6, 6.07) is 5.44. The van der Waals surface area contributed by atoms with Gasteiger partial charge >= 0.3 is 151 Å². The number of rotatable bonds is 10. The number of fused-ring (bicyclic) bond motifs is 1. The first-order valence-electron chi connectivity index (χ1n) is 9.71. The summed E-state index contributed by atoms with van der Waals surface area (Å²) >= 11 is -2.70. The molecule has 0 saturated heterocycles. The van der Waals surface area contributed by atoms with Crippen LogP contribution in [0.5, 0.6) is 0 Å². The zero-order valence-electron chi connectivity index (χ0n) is 15.9. The molecule has 0 radical (unpaired) electrons. The van der Waals surface area contributed by atoms with Crippen molar-refractivity contribution < 1.29 is 4.39 Å². The van der Waals surface area contributed by atoms with Crippen LogP contribution in [0.3, 0.4) is 0 Å². The second-order valence-corrected chi connectivity index (χ2v) is 20.1. The van der Waals surface area contributed by atoms with Crippen molar-refractivity contribution in [2.24, 2.45) is 7.05 Å². The van der Waals surface area contributed by atoms with Crippen LogP contribution in [0, 0.1) is 5.82 Å². The van der Waals surface area contributed by atoms with Gasteiger partial charge in [0.25, 0.3) is 0 Å². The number of hydrogen-bond donors (Lipinski definition) is 0. The first-order valence-corrected chi connectivity index (χ1v) is 17.2. The van der Waals surface area contributed by atoms with Gasteiger partial charge in [0.05, 0.1) is 0 Å². The molecule has 1 heterocycles. The van der Waals surface area contributed by atoms with E-state index >= 15 is 0 Å². The van der Waals surface area contributed by atoms with Crippen LogP contribution in [0.2, 0.25) is 13.3 Å². The molecule has 0 saturated carbocycles. The van der Waals surface area contributed by atoms with Crippen LogP contribution in [-0.2, 0) is 7.05 Å². The van der Waals surface area contributed by atoms with Crippen molar-refractivity contribution in [3.63, 3.8) is 0 Å². The van der Waals surface area contributed by atoms with Crippen molar-refractivity contribution in [1.29, 1.82) is 0 Å². The average molecular weight is 439 g/mol. The quantitative estimate of drug-likeness (QED) is 0.430. The normalized spacial score (nSPS) is 12.2. The third-order valence-electron chi connectivity index (χ3n) is 5.36. The predicted octanol–water partition coefficient (Wildman–Crippen LogP) is 5.77. The van der Waals surface area contributed by atoms with Gasteiger partial charge in [0.1, 0.15) is 0 Å².